The molecule has 0 aliphatic heterocycles. The first-order valence-corrected chi connectivity index (χ1v) is 9.67. The van der Waals surface area contributed by atoms with Gasteiger partial charge in [0.1, 0.15) is 23.4 Å². The summed E-state index contributed by atoms with van der Waals surface area (Å²) >= 11 is 0. The highest BCUT2D eigenvalue weighted by atomic mass is 16.6. The predicted molar refractivity (Wildman–Crippen MR) is 110 cm³/mol. The van der Waals surface area contributed by atoms with E-state index in [2.05, 4.69) is 15.4 Å². The molecule has 1 rings (SSSR count). The van der Waals surface area contributed by atoms with Crippen LogP contribution in [0.3, 0.4) is 0 Å². The van der Waals surface area contributed by atoms with Gasteiger partial charge in [0, 0.05) is 12.8 Å². The number of benzene rings is 1. The van der Waals surface area contributed by atoms with E-state index < -0.39 is 41.6 Å². The van der Waals surface area contributed by atoms with Gasteiger partial charge in [0.15, 0.2) is 0 Å². The van der Waals surface area contributed by atoms with Crippen LogP contribution in [0.25, 0.3) is 0 Å². The monoisotopic (exact) mass is 438 g/mol. The van der Waals surface area contributed by atoms with Crippen LogP contribution in [0.4, 0.5) is 4.79 Å². The molecule has 172 valence electrons. The van der Waals surface area contributed by atoms with Crippen LogP contribution in [-0.2, 0) is 35.0 Å². The molecule has 0 unspecified atom stereocenters. The van der Waals surface area contributed by atoms with Crippen LogP contribution in [0.1, 0.15) is 39.2 Å². The Kier molecular flexibility index (Phi) is 9.78. The van der Waals surface area contributed by atoms with Crippen molar-refractivity contribution >= 4 is 23.9 Å². The second-order valence-corrected chi connectivity index (χ2v) is 7.77. The SMILES string of the molecule is COC(=O)CC[C@H](NC(=O)[C@@H](Cc1ccc(O)cc1)NC(=O)OC(C)(C)C)C(=O)OC. The van der Waals surface area contributed by atoms with E-state index in [-0.39, 0.29) is 25.0 Å². The van der Waals surface area contributed by atoms with Crippen LogP contribution in [0.2, 0.25) is 0 Å². The Morgan fingerprint density at radius 2 is 1.58 bits per heavy atom. The normalized spacial score (nSPS) is 12.8. The molecule has 10 heteroatoms. The Morgan fingerprint density at radius 1 is 0.968 bits per heavy atom. The number of esters is 2. The van der Waals surface area contributed by atoms with Gasteiger partial charge in [-0.1, -0.05) is 12.1 Å². The second-order valence-electron chi connectivity index (χ2n) is 7.77. The van der Waals surface area contributed by atoms with Gasteiger partial charge in [0.25, 0.3) is 0 Å². The van der Waals surface area contributed by atoms with Crippen LogP contribution in [0, 0.1) is 0 Å². The molecule has 10 nitrogen and oxygen atoms in total. The highest BCUT2D eigenvalue weighted by molar-refractivity contribution is 5.90. The van der Waals surface area contributed by atoms with Gasteiger partial charge in [-0.25, -0.2) is 9.59 Å². The molecule has 0 saturated heterocycles. The molecular formula is C21H30N2O8. The quantitative estimate of drug-likeness (QED) is 0.389. The van der Waals surface area contributed by atoms with E-state index in [1.807, 2.05) is 0 Å². The molecule has 0 aliphatic rings. The summed E-state index contributed by atoms with van der Waals surface area (Å²) in [7, 11) is 2.37. The summed E-state index contributed by atoms with van der Waals surface area (Å²) in [6.45, 7) is 5.05. The Morgan fingerprint density at radius 3 is 2.10 bits per heavy atom. The van der Waals surface area contributed by atoms with E-state index in [9.17, 15) is 24.3 Å². The number of methoxy groups -OCH3 is 2. The second kappa shape index (κ2) is 11.8. The first-order chi connectivity index (χ1) is 14.4. The minimum Gasteiger partial charge on any atom is -0.508 e. The molecule has 3 N–H and O–H groups in total. The van der Waals surface area contributed by atoms with Crippen LogP contribution in [0.15, 0.2) is 24.3 Å². The number of nitrogens with one attached hydrogen (secondary N) is 2. The van der Waals surface area contributed by atoms with Crippen molar-refractivity contribution in [1.82, 2.24) is 10.6 Å². The van der Waals surface area contributed by atoms with Crippen molar-refractivity contribution in [3.63, 3.8) is 0 Å². The Hall–Kier alpha value is -3.30. The lowest BCUT2D eigenvalue weighted by atomic mass is 10.0. The maximum atomic E-state index is 12.9. The number of carbonyl (C=O) groups is 4. The molecule has 1 aromatic carbocycles. The van der Waals surface area contributed by atoms with E-state index in [0.29, 0.717) is 5.56 Å². The van der Waals surface area contributed by atoms with Crippen molar-refractivity contribution in [2.24, 2.45) is 0 Å². The first-order valence-electron chi connectivity index (χ1n) is 9.67. The predicted octanol–water partition coefficient (Wildman–Crippen LogP) is 1.44. The molecule has 0 aromatic heterocycles. The lowest BCUT2D eigenvalue weighted by molar-refractivity contribution is -0.146. The van der Waals surface area contributed by atoms with Gasteiger partial charge in [-0.05, 0) is 44.9 Å². The smallest absolute Gasteiger partial charge is 0.408 e. The number of carbonyl (C=O) groups excluding carboxylic acids is 4. The molecule has 2 atom stereocenters. The van der Waals surface area contributed by atoms with Gasteiger partial charge < -0.3 is 30.0 Å². The van der Waals surface area contributed by atoms with E-state index in [1.54, 1.807) is 32.9 Å². The van der Waals surface area contributed by atoms with Crippen molar-refractivity contribution in [1.29, 1.82) is 0 Å². The third-order valence-electron chi connectivity index (χ3n) is 4.05. The summed E-state index contributed by atoms with van der Waals surface area (Å²) in [5, 5.41) is 14.4. The number of phenolic OH excluding ortho intramolecular Hbond substituents is 1. The minimum absolute atomic E-state index is 0.0382. The van der Waals surface area contributed by atoms with Crippen LogP contribution in [-0.4, -0.2) is 60.9 Å². The standard InChI is InChI=1S/C21H30N2O8/c1-21(2,3)31-20(28)23-16(12-13-6-8-14(24)9-7-13)18(26)22-15(19(27)30-5)10-11-17(25)29-4/h6-9,15-16,24H,10-12H2,1-5H3,(H,22,26)(H,23,28)/t15-,16+/m0/s1. The molecule has 0 aliphatic carbocycles. The highest BCUT2D eigenvalue weighted by Gasteiger charge is 2.29. The van der Waals surface area contributed by atoms with Crippen LogP contribution < -0.4 is 10.6 Å². The average Bonchev–Trinajstić information content (AvgIpc) is 2.69. The van der Waals surface area contributed by atoms with Gasteiger partial charge >= 0.3 is 18.0 Å². The molecule has 0 bridgehead atoms. The summed E-state index contributed by atoms with van der Waals surface area (Å²) in [5.74, 6) is -1.90. The number of aromatic hydroxyl groups is 1. The average molecular weight is 438 g/mol. The number of ether oxygens (including phenoxy) is 3. The van der Waals surface area contributed by atoms with Crippen molar-refractivity contribution in [3.8, 4) is 5.75 Å². The maximum Gasteiger partial charge on any atom is 0.408 e. The highest BCUT2D eigenvalue weighted by Crippen LogP contribution is 2.13. The zero-order valence-corrected chi connectivity index (χ0v) is 18.4. The summed E-state index contributed by atoms with van der Waals surface area (Å²) < 4.78 is 14.5. The van der Waals surface area contributed by atoms with E-state index in [1.165, 1.54) is 19.2 Å². The number of hydrogen-bond donors (Lipinski definition) is 3. The molecule has 0 fully saturated rings. The van der Waals surface area contributed by atoms with Crippen molar-refractivity contribution in [2.75, 3.05) is 14.2 Å². The zero-order valence-electron chi connectivity index (χ0n) is 18.4. The fourth-order valence-corrected chi connectivity index (χ4v) is 2.55. The topological polar surface area (TPSA) is 140 Å². The van der Waals surface area contributed by atoms with Crippen molar-refractivity contribution < 1.29 is 38.5 Å². The number of phenols is 1. The summed E-state index contributed by atoms with van der Waals surface area (Å²) in [6, 6.07) is 3.89. The number of hydrogen-bond acceptors (Lipinski definition) is 8. The van der Waals surface area contributed by atoms with Gasteiger partial charge in [0.2, 0.25) is 5.91 Å². The Balaban J connectivity index is 2.99. The summed E-state index contributed by atoms with van der Waals surface area (Å²) in [6.07, 6.45) is -0.895. The molecule has 1 aromatic rings. The van der Waals surface area contributed by atoms with E-state index in [0.717, 1.165) is 7.11 Å². The fraction of sp³-hybridized carbons (Fsp3) is 0.524. The third kappa shape index (κ3) is 9.83. The molecule has 0 heterocycles. The maximum absolute atomic E-state index is 12.9. The Labute approximate surface area is 181 Å². The third-order valence-corrected chi connectivity index (χ3v) is 4.05. The van der Waals surface area contributed by atoms with Crippen molar-refractivity contribution in [2.45, 2.75) is 57.7 Å². The minimum atomic E-state index is -1.11. The first kappa shape index (κ1) is 25.7. The lowest BCUT2D eigenvalue weighted by Gasteiger charge is -2.25. The van der Waals surface area contributed by atoms with Gasteiger partial charge in [-0.3, -0.25) is 9.59 Å². The molecule has 0 spiro atoms. The lowest BCUT2D eigenvalue weighted by Crippen LogP contribution is -2.53. The summed E-state index contributed by atoms with van der Waals surface area (Å²) in [4.78, 5) is 48.6. The fourth-order valence-electron chi connectivity index (χ4n) is 2.55. The van der Waals surface area contributed by atoms with Gasteiger partial charge in [-0.2, -0.15) is 0 Å². The summed E-state index contributed by atoms with van der Waals surface area (Å²) in [5.41, 5.74) is -0.128. The molecule has 0 radical (unpaired) electrons. The largest absolute Gasteiger partial charge is 0.508 e. The number of rotatable bonds is 9. The van der Waals surface area contributed by atoms with Crippen molar-refractivity contribution in [3.05, 3.63) is 29.8 Å². The van der Waals surface area contributed by atoms with Crippen LogP contribution in [0.5, 0.6) is 5.75 Å². The van der Waals surface area contributed by atoms with Crippen LogP contribution >= 0.6 is 0 Å². The molecule has 31 heavy (non-hydrogen) atoms. The van der Waals surface area contributed by atoms with E-state index >= 15 is 0 Å². The number of amides is 2. The van der Waals surface area contributed by atoms with E-state index in [4.69, 9.17) is 9.47 Å². The van der Waals surface area contributed by atoms with Gasteiger partial charge in [-0.15, -0.1) is 0 Å². The number of alkyl carbamates (subject to hydrolysis) is 1. The Bertz CT molecular complexity index is 771. The molecular weight excluding hydrogens is 408 g/mol. The molecule has 0 saturated carbocycles. The zero-order chi connectivity index (χ0) is 23.6. The molecule has 2 amide bonds. The van der Waals surface area contributed by atoms with Gasteiger partial charge in [0.05, 0.1) is 14.2 Å².